The van der Waals surface area contributed by atoms with Crippen molar-refractivity contribution < 1.29 is 14.3 Å². The van der Waals surface area contributed by atoms with E-state index in [0.717, 1.165) is 11.3 Å². The number of anilines is 1. The van der Waals surface area contributed by atoms with Gasteiger partial charge in [0.15, 0.2) is 0 Å². The number of hydrogen-bond acceptors (Lipinski definition) is 6. The molecule has 2 N–H and O–H groups in total. The fourth-order valence-electron chi connectivity index (χ4n) is 2.61. The van der Waals surface area contributed by atoms with Crippen LogP contribution in [0.4, 0.5) is 5.95 Å². The van der Waals surface area contributed by atoms with Crippen LogP contribution >= 0.6 is 0 Å². The molecule has 3 rings (SSSR count). The third kappa shape index (κ3) is 3.03. The lowest BCUT2D eigenvalue weighted by molar-refractivity contribution is 0.0731. The summed E-state index contributed by atoms with van der Waals surface area (Å²) in [6.45, 7) is 1.03. The van der Waals surface area contributed by atoms with Gasteiger partial charge in [-0.3, -0.25) is 4.79 Å². The Bertz CT molecular complexity index is 726. The van der Waals surface area contributed by atoms with Crippen molar-refractivity contribution in [2.75, 3.05) is 26.5 Å². The molecular weight excluding hydrogens is 296 g/mol. The third-order valence-corrected chi connectivity index (χ3v) is 3.85. The Morgan fingerprint density at radius 1 is 1.22 bits per heavy atom. The molecule has 1 aromatic carbocycles. The predicted octanol–water partition coefficient (Wildman–Crippen LogP) is 1.27. The summed E-state index contributed by atoms with van der Waals surface area (Å²) >= 11 is 0. The standard InChI is InChI=1S/C16H18N4O3/c1-22-12-5-11(6-13(7-12)23-2)15(21)20-4-3-10-8-18-16(17)19-14(10)9-20/h5-8H,3-4,9H2,1-2H3,(H2,17,18,19). The minimum atomic E-state index is -0.0926. The van der Waals surface area contributed by atoms with Gasteiger partial charge < -0.3 is 20.1 Å². The summed E-state index contributed by atoms with van der Waals surface area (Å²) in [5.41, 5.74) is 7.98. The molecule has 0 spiro atoms. The highest BCUT2D eigenvalue weighted by Crippen LogP contribution is 2.25. The molecule has 0 bridgehead atoms. The molecule has 0 saturated heterocycles. The van der Waals surface area contributed by atoms with Gasteiger partial charge in [-0.25, -0.2) is 9.97 Å². The average molecular weight is 314 g/mol. The SMILES string of the molecule is COc1cc(OC)cc(C(=O)N2CCc3cnc(N)nc3C2)c1. The Hall–Kier alpha value is -2.83. The largest absolute Gasteiger partial charge is 0.497 e. The Balaban J connectivity index is 1.87. The topological polar surface area (TPSA) is 90.6 Å². The summed E-state index contributed by atoms with van der Waals surface area (Å²) in [5.74, 6) is 1.29. The number of nitrogens with two attached hydrogens (primary N) is 1. The van der Waals surface area contributed by atoms with Crippen LogP contribution < -0.4 is 15.2 Å². The first kappa shape index (κ1) is 15.1. The first-order valence-electron chi connectivity index (χ1n) is 7.23. The minimum Gasteiger partial charge on any atom is -0.497 e. The zero-order valence-electron chi connectivity index (χ0n) is 13.1. The lowest BCUT2D eigenvalue weighted by Gasteiger charge is -2.28. The number of amides is 1. The van der Waals surface area contributed by atoms with Crippen LogP contribution in [0.3, 0.4) is 0 Å². The molecule has 7 nitrogen and oxygen atoms in total. The molecule has 1 aromatic heterocycles. The van der Waals surface area contributed by atoms with Gasteiger partial charge >= 0.3 is 0 Å². The smallest absolute Gasteiger partial charge is 0.254 e. The summed E-state index contributed by atoms with van der Waals surface area (Å²) in [6, 6.07) is 5.14. The number of carbonyl (C=O) groups excluding carboxylic acids is 1. The number of methoxy groups -OCH3 is 2. The second-order valence-electron chi connectivity index (χ2n) is 5.28. The lowest BCUT2D eigenvalue weighted by Crippen LogP contribution is -2.36. The molecule has 1 aliphatic heterocycles. The van der Waals surface area contributed by atoms with Crippen LogP contribution in [-0.2, 0) is 13.0 Å². The zero-order valence-corrected chi connectivity index (χ0v) is 13.1. The van der Waals surface area contributed by atoms with Crippen molar-refractivity contribution in [3.8, 4) is 11.5 Å². The highest BCUT2D eigenvalue weighted by Gasteiger charge is 2.24. The first-order chi connectivity index (χ1) is 11.1. The van der Waals surface area contributed by atoms with Gasteiger partial charge in [-0.15, -0.1) is 0 Å². The number of fused-ring (bicyclic) bond motifs is 1. The summed E-state index contributed by atoms with van der Waals surface area (Å²) < 4.78 is 10.4. The van der Waals surface area contributed by atoms with Crippen molar-refractivity contribution in [3.05, 3.63) is 41.2 Å². The molecule has 0 saturated carbocycles. The van der Waals surface area contributed by atoms with Crippen molar-refractivity contribution in [2.24, 2.45) is 0 Å². The van der Waals surface area contributed by atoms with E-state index in [2.05, 4.69) is 9.97 Å². The van der Waals surface area contributed by atoms with Crippen molar-refractivity contribution in [2.45, 2.75) is 13.0 Å². The number of nitrogens with zero attached hydrogens (tertiary/aromatic N) is 3. The molecule has 1 amide bonds. The Morgan fingerprint density at radius 2 is 1.91 bits per heavy atom. The molecule has 0 aliphatic carbocycles. The number of carbonyl (C=O) groups is 1. The Labute approximate surface area is 134 Å². The van der Waals surface area contributed by atoms with Gasteiger partial charge in [0.25, 0.3) is 5.91 Å². The van der Waals surface area contributed by atoms with E-state index in [1.54, 1.807) is 43.5 Å². The molecule has 0 radical (unpaired) electrons. The summed E-state index contributed by atoms with van der Waals surface area (Å²) in [7, 11) is 3.11. The Kier molecular flexibility index (Phi) is 4.01. The first-order valence-corrected chi connectivity index (χ1v) is 7.23. The molecule has 23 heavy (non-hydrogen) atoms. The molecule has 2 heterocycles. The second kappa shape index (κ2) is 6.12. The van der Waals surface area contributed by atoms with Crippen LogP contribution in [0.5, 0.6) is 11.5 Å². The van der Waals surface area contributed by atoms with Crippen LogP contribution in [-0.4, -0.2) is 41.5 Å². The Morgan fingerprint density at radius 3 is 2.57 bits per heavy atom. The molecule has 1 aliphatic rings. The number of benzene rings is 1. The quantitative estimate of drug-likeness (QED) is 0.917. The summed E-state index contributed by atoms with van der Waals surface area (Å²) in [4.78, 5) is 22.7. The van der Waals surface area contributed by atoms with Crippen LogP contribution in [0.1, 0.15) is 21.6 Å². The van der Waals surface area contributed by atoms with Crippen molar-refractivity contribution in [3.63, 3.8) is 0 Å². The molecular formula is C16H18N4O3. The molecule has 2 aromatic rings. The number of rotatable bonds is 3. The van der Waals surface area contributed by atoms with Gasteiger partial charge in [0.1, 0.15) is 11.5 Å². The van der Waals surface area contributed by atoms with Gasteiger partial charge in [0.2, 0.25) is 5.95 Å². The van der Waals surface area contributed by atoms with Gasteiger partial charge in [-0.05, 0) is 24.1 Å². The molecule has 0 fully saturated rings. The highest BCUT2D eigenvalue weighted by molar-refractivity contribution is 5.95. The maximum Gasteiger partial charge on any atom is 0.254 e. The van der Waals surface area contributed by atoms with Crippen LogP contribution in [0.15, 0.2) is 24.4 Å². The van der Waals surface area contributed by atoms with E-state index >= 15 is 0 Å². The van der Waals surface area contributed by atoms with Gasteiger partial charge in [0.05, 0.1) is 26.5 Å². The molecule has 0 atom stereocenters. The van der Waals surface area contributed by atoms with Crippen molar-refractivity contribution in [1.29, 1.82) is 0 Å². The van der Waals surface area contributed by atoms with E-state index in [0.29, 0.717) is 36.6 Å². The molecule has 0 unspecified atom stereocenters. The predicted molar refractivity (Wildman–Crippen MR) is 84.4 cm³/mol. The normalized spacial score (nSPS) is 13.4. The fourth-order valence-corrected chi connectivity index (χ4v) is 2.61. The van der Waals surface area contributed by atoms with E-state index < -0.39 is 0 Å². The fraction of sp³-hybridized carbons (Fsp3) is 0.312. The van der Waals surface area contributed by atoms with Crippen molar-refractivity contribution in [1.82, 2.24) is 14.9 Å². The number of hydrogen-bond donors (Lipinski definition) is 1. The van der Waals surface area contributed by atoms with E-state index in [1.165, 1.54) is 0 Å². The minimum absolute atomic E-state index is 0.0926. The number of ether oxygens (including phenoxy) is 2. The van der Waals surface area contributed by atoms with Crippen molar-refractivity contribution >= 4 is 11.9 Å². The van der Waals surface area contributed by atoms with Gasteiger partial charge in [-0.2, -0.15) is 0 Å². The summed E-state index contributed by atoms with van der Waals surface area (Å²) in [5, 5.41) is 0. The van der Waals surface area contributed by atoms with Crippen LogP contribution in [0.25, 0.3) is 0 Å². The second-order valence-corrected chi connectivity index (χ2v) is 5.28. The van der Waals surface area contributed by atoms with Gasteiger partial charge in [0, 0.05) is 24.4 Å². The van der Waals surface area contributed by atoms with Crippen LogP contribution in [0.2, 0.25) is 0 Å². The number of aromatic nitrogens is 2. The maximum absolute atomic E-state index is 12.8. The molecule has 120 valence electrons. The van der Waals surface area contributed by atoms with E-state index in [4.69, 9.17) is 15.2 Å². The van der Waals surface area contributed by atoms with Gasteiger partial charge in [-0.1, -0.05) is 0 Å². The zero-order chi connectivity index (χ0) is 16.4. The maximum atomic E-state index is 12.8. The number of nitrogen functional groups attached to an aromatic ring is 1. The van der Waals surface area contributed by atoms with E-state index in [9.17, 15) is 4.79 Å². The van der Waals surface area contributed by atoms with E-state index in [-0.39, 0.29) is 11.9 Å². The highest BCUT2D eigenvalue weighted by atomic mass is 16.5. The monoisotopic (exact) mass is 314 g/mol. The van der Waals surface area contributed by atoms with Crippen LogP contribution in [0, 0.1) is 0 Å². The lowest BCUT2D eigenvalue weighted by atomic mass is 10.1. The average Bonchev–Trinajstić information content (AvgIpc) is 2.59. The summed E-state index contributed by atoms with van der Waals surface area (Å²) in [6.07, 6.45) is 2.44. The molecule has 7 heteroatoms. The third-order valence-electron chi connectivity index (χ3n) is 3.85. The van der Waals surface area contributed by atoms with E-state index in [1.807, 2.05) is 0 Å².